The van der Waals surface area contributed by atoms with Crippen molar-refractivity contribution in [1.29, 1.82) is 0 Å². The zero-order valence-corrected chi connectivity index (χ0v) is 9.28. The largest absolute Gasteiger partial charge is 0.508 e. The number of esters is 1. The Morgan fingerprint density at radius 2 is 2.20 bits per heavy atom. The van der Waals surface area contributed by atoms with Gasteiger partial charge in [-0.3, -0.25) is 4.79 Å². The Balaban J connectivity index is 2.73. The maximum Gasteiger partial charge on any atom is 0.308 e. The van der Waals surface area contributed by atoms with E-state index in [1.165, 1.54) is 7.11 Å². The van der Waals surface area contributed by atoms with Gasteiger partial charge in [0.25, 0.3) is 0 Å². The van der Waals surface area contributed by atoms with E-state index in [9.17, 15) is 9.90 Å². The van der Waals surface area contributed by atoms with Crippen LogP contribution < -0.4 is 0 Å². The molecule has 15 heavy (non-hydrogen) atoms. The molecule has 0 spiro atoms. The van der Waals surface area contributed by atoms with Gasteiger partial charge in [-0.2, -0.15) is 0 Å². The highest BCUT2D eigenvalue weighted by molar-refractivity contribution is 5.72. The minimum Gasteiger partial charge on any atom is -0.508 e. The quantitative estimate of drug-likeness (QED) is 0.773. The van der Waals surface area contributed by atoms with E-state index in [-0.39, 0.29) is 17.6 Å². The molecular weight excluding hydrogens is 192 g/mol. The topological polar surface area (TPSA) is 46.5 Å². The van der Waals surface area contributed by atoms with E-state index in [1.54, 1.807) is 6.07 Å². The van der Waals surface area contributed by atoms with Crippen molar-refractivity contribution in [3.8, 4) is 5.75 Å². The number of carbonyl (C=O) groups excluding carboxylic acids is 1. The molecule has 0 aromatic heterocycles. The van der Waals surface area contributed by atoms with Crippen LogP contribution in [0.5, 0.6) is 5.75 Å². The number of rotatable bonds is 3. The Hall–Kier alpha value is -1.51. The van der Waals surface area contributed by atoms with Gasteiger partial charge < -0.3 is 9.84 Å². The molecule has 1 rings (SSSR count). The Bertz CT molecular complexity index is 358. The molecule has 0 aliphatic heterocycles. The average Bonchev–Trinajstić information content (AvgIpc) is 2.22. The lowest BCUT2D eigenvalue weighted by Crippen LogP contribution is -2.15. The molecule has 0 aliphatic carbocycles. The number of hydrogen-bond donors (Lipinski definition) is 1. The summed E-state index contributed by atoms with van der Waals surface area (Å²) in [7, 11) is 1.39. The summed E-state index contributed by atoms with van der Waals surface area (Å²) in [6, 6.07) is 5.35. The second-order valence-electron chi connectivity index (χ2n) is 3.75. The van der Waals surface area contributed by atoms with Crippen LogP contribution in [-0.4, -0.2) is 18.2 Å². The van der Waals surface area contributed by atoms with Crippen LogP contribution in [0.3, 0.4) is 0 Å². The van der Waals surface area contributed by atoms with E-state index in [0.717, 1.165) is 11.1 Å². The smallest absolute Gasteiger partial charge is 0.308 e. The summed E-state index contributed by atoms with van der Waals surface area (Å²) < 4.78 is 4.65. The molecule has 0 radical (unpaired) electrons. The van der Waals surface area contributed by atoms with Crippen molar-refractivity contribution in [3.63, 3.8) is 0 Å². The molecule has 0 saturated carbocycles. The second-order valence-corrected chi connectivity index (χ2v) is 3.75. The van der Waals surface area contributed by atoms with Gasteiger partial charge in [0.2, 0.25) is 0 Å². The van der Waals surface area contributed by atoms with E-state index >= 15 is 0 Å². The molecule has 1 N–H and O–H groups in total. The third-order valence-corrected chi connectivity index (χ3v) is 2.41. The molecule has 1 aromatic rings. The minimum absolute atomic E-state index is 0.154. The highest BCUT2D eigenvalue weighted by Gasteiger charge is 2.13. The molecule has 3 heteroatoms. The van der Waals surface area contributed by atoms with Gasteiger partial charge in [0, 0.05) is 0 Å². The number of carbonyl (C=O) groups is 1. The number of aromatic hydroxyl groups is 1. The van der Waals surface area contributed by atoms with Crippen molar-refractivity contribution in [2.24, 2.45) is 5.92 Å². The van der Waals surface area contributed by atoms with Crippen LogP contribution in [0.15, 0.2) is 18.2 Å². The summed E-state index contributed by atoms with van der Waals surface area (Å²) in [5.74, 6) is -0.0795. The van der Waals surface area contributed by atoms with Crippen LogP contribution in [-0.2, 0) is 16.0 Å². The first-order chi connectivity index (χ1) is 7.04. The number of ether oxygens (including phenoxy) is 1. The first-order valence-corrected chi connectivity index (χ1v) is 4.91. The van der Waals surface area contributed by atoms with Gasteiger partial charge in [-0.05, 0) is 30.5 Å². The number of hydrogen-bond acceptors (Lipinski definition) is 3. The normalized spacial score (nSPS) is 12.2. The maximum atomic E-state index is 11.2. The van der Waals surface area contributed by atoms with Crippen LogP contribution in [0, 0.1) is 12.8 Å². The lowest BCUT2D eigenvalue weighted by molar-refractivity contribution is -0.144. The van der Waals surface area contributed by atoms with Crippen molar-refractivity contribution in [2.75, 3.05) is 7.11 Å². The fourth-order valence-electron chi connectivity index (χ4n) is 1.48. The van der Waals surface area contributed by atoms with Gasteiger partial charge in [-0.15, -0.1) is 0 Å². The summed E-state index contributed by atoms with van der Waals surface area (Å²) in [4.78, 5) is 11.2. The van der Waals surface area contributed by atoms with Crippen molar-refractivity contribution in [2.45, 2.75) is 20.3 Å². The van der Waals surface area contributed by atoms with E-state index in [0.29, 0.717) is 6.42 Å². The zero-order chi connectivity index (χ0) is 11.4. The maximum absolute atomic E-state index is 11.2. The predicted octanol–water partition coefficient (Wildman–Crippen LogP) is 2.05. The van der Waals surface area contributed by atoms with E-state index in [4.69, 9.17) is 0 Å². The third kappa shape index (κ3) is 2.98. The Morgan fingerprint density at radius 1 is 1.53 bits per heavy atom. The highest BCUT2D eigenvalue weighted by Crippen LogP contribution is 2.19. The third-order valence-electron chi connectivity index (χ3n) is 2.41. The number of phenolic OH excluding ortho intramolecular Hbond substituents is 1. The molecule has 0 amide bonds. The van der Waals surface area contributed by atoms with Gasteiger partial charge in [-0.25, -0.2) is 0 Å². The van der Waals surface area contributed by atoms with Crippen LogP contribution >= 0.6 is 0 Å². The average molecular weight is 208 g/mol. The van der Waals surface area contributed by atoms with Crippen molar-refractivity contribution >= 4 is 5.97 Å². The van der Waals surface area contributed by atoms with Crippen LogP contribution in [0.2, 0.25) is 0 Å². The van der Waals surface area contributed by atoms with Gasteiger partial charge in [0.15, 0.2) is 0 Å². The SMILES string of the molecule is COC(=O)C(C)Cc1ccc(O)c(C)c1. The van der Waals surface area contributed by atoms with Crippen molar-refractivity contribution < 1.29 is 14.6 Å². The standard InChI is InChI=1S/C12H16O3/c1-8-6-10(4-5-11(8)13)7-9(2)12(14)15-3/h4-6,9,13H,7H2,1-3H3. The zero-order valence-electron chi connectivity index (χ0n) is 9.28. The summed E-state index contributed by atoms with van der Waals surface area (Å²) in [6.45, 7) is 3.66. The fraction of sp³-hybridized carbons (Fsp3) is 0.417. The number of benzene rings is 1. The summed E-state index contributed by atoms with van der Waals surface area (Å²) >= 11 is 0. The van der Waals surface area contributed by atoms with Gasteiger partial charge in [0.1, 0.15) is 5.75 Å². The molecule has 0 saturated heterocycles. The minimum atomic E-state index is -0.208. The Kier molecular flexibility index (Phi) is 3.72. The number of aryl methyl sites for hydroxylation is 1. The van der Waals surface area contributed by atoms with Crippen molar-refractivity contribution in [3.05, 3.63) is 29.3 Å². The lowest BCUT2D eigenvalue weighted by atomic mass is 9.99. The van der Waals surface area contributed by atoms with E-state index < -0.39 is 0 Å². The summed E-state index contributed by atoms with van der Waals surface area (Å²) in [5, 5.41) is 9.34. The van der Waals surface area contributed by atoms with E-state index in [1.807, 2.05) is 26.0 Å². The first kappa shape index (κ1) is 11.6. The first-order valence-electron chi connectivity index (χ1n) is 4.91. The molecule has 0 aliphatic rings. The second kappa shape index (κ2) is 4.82. The molecule has 0 heterocycles. The summed E-state index contributed by atoms with van der Waals surface area (Å²) in [6.07, 6.45) is 0.633. The summed E-state index contributed by atoms with van der Waals surface area (Å²) in [5.41, 5.74) is 1.85. The highest BCUT2D eigenvalue weighted by atomic mass is 16.5. The number of phenols is 1. The number of methoxy groups -OCH3 is 1. The molecule has 3 nitrogen and oxygen atoms in total. The Labute approximate surface area is 89.7 Å². The molecule has 1 aromatic carbocycles. The molecule has 1 atom stereocenters. The fourth-order valence-corrected chi connectivity index (χ4v) is 1.48. The Morgan fingerprint density at radius 3 is 2.73 bits per heavy atom. The molecule has 0 fully saturated rings. The lowest BCUT2D eigenvalue weighted by Gasteiger charge is -2.09. The van der Waals surface area contributed by atoms with Crippen LogP contribution in [0.1, 0.15) is 18.1 Å². The van der Waals surface area contributed by atoms with Gasteiger partial charge in [0.05, 0.1) is 13.0 Å². The van der Waals surface area contributed by atoms with Crippen LogP contribution in [0.4, 0.5) is 0 Å². The van der Waals surface area contributed by atoms with Gasteiger partial charge >= 0.3 is 5.97 Å². The molecule has 0 bridgehead atoms. The van der Waals surface area contributed by atoms with E-state index in [2.05, 4.69) is 4.74 Å². The molecule has 82 valence electrons. The van der Waals surface area contributed by atoms with Crippen LogP contribution in [0.25, 0.3) is 0 Å². The monoisotopic (exact) mass is 208 g/mol. The molecule has 1 unspecified atom stereocenters. The van der Waals surface area contributed by atoms with Gasteiger partial charge in [-0.1, -0.05) is 19.1 Å². The molecular formula is C12H16O3. The predicted molar refractivity (Wildman–Crippen MR) is 57.7 cm³/mol. The van der Waals surface area contributed by atoms with Crippen molar-refractivity contribution in [1.82, 2.24) is 0 Å².